The average Bonchev–Trinajstić information content (AvgIpc) is 3.39. The van der Waals surface area contributed by atoms with Crippen LogP contribution < -0.4 is 5.32 Å². The molecule has 37 heavy (non-hydrogen) atoms. The SMILES string of the molecule is CC(C)(C)C(=O)ON1CCN(Cc2cc3nc(Nc4cccc(F)c4)ncc3cc2-c2nccs2)CC1. The molecule has 1 saturated heterocycles. The largest absolute Gasteiger partial charge is 0.367 e. The first-order valence-electron chi connectivity index (χ1n) is 12.2. The van der Waals surface area contributed by atoms with Crippen LogP contribution in [0, 0.1) is 11.2 Å². The minimum Gasteiger partial charge on any atom is -0.367 e. The summed E-state index contributed by atoms with van der Waals surface area (Å²) < 4.78 is 13.6. The topological polar surface area (TPSA) is 83.5 Å². The summed E-state index contributed by atoms with van der Waals surface area (Å²) in [7, 11) is 0. The molecular formula is C27H29FN6O2S. The van der Waals surface area contributed by atoms with Crippen molar-refractivity contribution in [1.29, 1.82) is 0 Å². The molecular weight excluding hydrogens is 491 g/mol. The van der Waals surface area contributed by atoms with E-state index in [0.717, 1.165) is 40.1 Å². The van der Waals surface area contributed by atoms with Crippen LogP contribution in [0.3, 0.4) is 0 Å². The molecule has 8 nitrogen and oxygen atoms in total. The summed E-state index contributed by atoms with van der Waals surface area (Å²) in [6, 6.07) is 10.4. The molecule has 2 aromatic heterocycles. The molecule has 0 spiro atoms. The normalized spacial score (nSPS) is 15.1. The number of fused-ring (bicyclic) bond motifs is 1. The standard InChI is InChI=1S/C27H29FN6O2S/c1-27(2,3)25(35)36-34-10-8-33(9-11-34)17-19-14-23-18(13-22(19)24-29-7-12-37-24)16-30-26(32-23)31-21-6-4-5-20(28)15-21/h4-7,12-16H,8-11,17H2,1-3H3,(H,30,31,32). The summed E-state index contributed by atoms with van der Waals surface area (Å²) in [5, 5.41) is 8.64. The van der Waals surface area contributed by atoms with Gasteiger partial charge in [-0.05, 0) is 56.7 Å². The van der Waals surface area contributed by atoms with Gasteiger partial charge in [-0.25, -0.2) is 24.1 Å². The van der Waals surface area contributed by atoms with Crippen molar-refractivity contribution in [3.05, 3.63) is 65.6 Å². The van der Waals surface area contributed by atoms with Gasteiger partial charge in [0.15, 0.2) is 0 Å². The van der Waals surface area contributed by atoms with Crippen molar-refractivity contribution in [2.75, 3.05) is 31.5 Å². The van der Waals surface area contributed by atoms with E-state index in [-0.39, 0.29) is 11.8 Å². The maximum atomic E-state index is 13.6. The Bertz CT molecular complexity index is 1400. The van der Waals surface area contributed by atoms with Gasteiger partial charge in [-0.3, -0.25) is 4.90 Å². The third-order valence-electron chi connectivity index (χ3n) is 6.10. The van der Waals surface area contributed by atoms with Crippen LogP contribution in [0.1, 0.15) is 26.3 Å². The number of hydrogen-bond acceptors (Lipinski definition) is 9. The monoisotopic (exact) mass is 520 g/mol. The highest BCUT2D eigenvalue weighted by molar-refractivity contribution is 7.13. The van der Waals surface area contributed by atoms with Crippen LogP contribution in [0.4, 0.5) is 16.0 Å². The number of anilines is 2. The molecule has 1 aliphatic heterocycles. The zero-order valence-electron chi connectivity index (χ0n) is 21.1. The molecule has 0 amide bonds. The van der Waals surface area contributed by atoms with Gasteiger partial charge in [-0.2, -0.15) is 0 Å². The van der Waals surface area contributed by atoms with Crippen molar-refractivity contribution in [2.24, 2.45) is 5.41 Å². The number of rotatable bonds is 6. The van der Waals surface area contributed by atoms with Gasteiger partial charge in [0.25, 0.3) is 0 Å². The summed E-state index contributed by atoms with van der Waals surface area (Å²) >= 11 is 1.59. The van der Waals surface area contributed by atoms with E-state index in [0.29, 0.717) is 31.3 Å². The Morgan fingerprint density at radius 2 is 1.95 bits per heavy atom. The number of carbonyl (C=O) groups is 1. The molecule has 1 aliphatic rings. The third kappa shape index (κ3) is 6.10. The van der Waals surface area contributed by atoms with Gasteiger partial charge in [0.05, 0.1) is 10.9 Å². The number of hydrogen-bond donors (Lipinski definition) is 1. The fourth-order valence-electron chi connectivity index (χ4n) is 4.04. The zero-order valence-corrected chi connectivity index (χ0v) is 21.9. The molecule has 10 heteroatoms. The van der Waals surface area contributed by atoms with E-state index in [2.05, 4.69) is 32.3 Å². The van der Waals surface area contributed by atoms with Crippen LogP contribution in [0.25, 0.3) is 21.5 Å². The fraction of sp³-hybridized carbons (Fsp3) is 0.333. The van der Waals surface area contributed by atoms with Crippen molar-refractivity contribution < 1.29 is 14.0 Å². The Labute approximate surface area is 219 Å². The molecule has 0 radical (unpaired) electrons. The summed E-state index contributed by atoms with van der Waals surface area (Å²) in [4.78, 5) is 33.8. The van der Waals surface area contributed by atoms with Crippen molar-refractivity contribution >= 4 is 39.8 Å². The Morgan fingerprint density at radius 3 is 2.65 bits per heavy atom. The van der Waals surface area contributed by atoms with E-state index >= 15 is 0 Å². The lowest BCUT2D eigenvalue weighted by Crippen LogP contribution is -2.47. The van der Waals surface area contributed by atoms with Gasteiger partial charge in [0, 0.05) is 67.1 Å². The zero-order chi connectivity index (χ0) is 26.0. The Morgan fingerprint density at radius 1 is 1.14 bits per heavy atom. The predicted octanol–water partition coefficient (Wildman–Crippen LogP) is 5.26. The molecule has 0 aliphatic carbocycles. The summed E-state index contributed by atoms with van der Waals surface area (Å²) in [6.45, 7) is 9.10. The second kappa shape index (κ2) is 10.5. The highest BCUT2D eigenvalue weighted by Gasteiger charge is 2.28. The van der Waals surface area contributed by atoms with Crippen molar-refractivity contribution in [2.45, 2.75) is 27.3 Å². The van der Waals surface area contributed by atoms with Gasteiger partial charge in [-0.1, -0.05) is 6.07 Å². The molecule has 3 heterocycles. The minimum atomic E-state index is -0.533. The number of aromatic nitrogens is 3. The van der Waals surface area contributed by atoms with Crippen LogP contribution in [-0.4, -0.2) is 57.1 Å². The molecule has 0 atom stereocenters. The van der Waals surface area contributed by atoms with E-state index in [1.165, 1.54) is 12.1 Å². The number of thiazole rings is 1. The Balaban J connectivity index is 1.36. The lowest BCUT2D eigenvalue weighted by atomic mass is 9.98. The van der Waals surface area contributed by atoms with Crippen LogP contribution in [0.2, 0.25) is 0 Å². The first kappa shape index (κ1) is 25.2. The fourth-order valence-corrected chi connectivity index (χ4v) is 4.73. The average molecular weight is 521 g/mol. The molecule has 1 fully saturated rings. The van der Waals surface area contributed by atoms with Gasteiger partial charge in [0.1, 0.15) is 10.8 Å². The second-order valence-electron chi connectivity index (χ2n) is 10.1. The summed E-state index contributed by atoms with van der Waals surface area (Å²) in [6.07, 6.45) is 3.58. The molecule has 0 saturated carbocycles. The maximum Gasteiger partial charge on any atom is 0.330 e. The third-order valence-corrected chi connectivity index (χ3v) is 6.90. The number of nitrogens with one attached hydrogen (secondary N) is 1. The smallest absolute Gasteiger partial charge is 0.330 e. The van der Waals surface area contributed by atoms with Crippen LogP contribution in [-0.2, 0) is 16.2 Å². The van der Waals surface area contributed by atoms with Gasteiger partial charge < -0.3 is 10.2 Å². The van der Waals surface area contributed by atoms with E-state index in [9.17, 15) is 9.18 Å². The Kier molecular flexibility index (Phi) is 7.14. The molecule has 1 N–H and O–H groups in total. The maximum absolute atomic E-state index is 13.6. The molecule has 2 aromatic carbocycles. The Hall–Kier alpha value is -3.47. The summed E-state index contributed by atoms with van der Waals surface area (Å²) in [5.41, 5.74) is 3.01. The molecule has 4 aromatic rings. The highest BCUT2D eigenvalue weighted by Crippen LogP contribution is 2.31. The first-order chi connectivity index (χ1) is 17.7. The highest BCUT2D eigenvalue weighted by atomic mass is 32.1. The van der Waals surface area contributed by atoms with Crippen LogP contribution in [0.15, 0.2) is 54.2 Å². The number of hydroxylamine groups is 2. The molecule has 0 unspecified atom stereocenters. The molecule has 0 bridgehead atoms. The number of carbonyl (C=O) groups excluding carboxylic acids is 1. The van der Waals surface area contributed by atoms with E-state index in [1.807, 2.05) is 26.2 Å². The van der Waals surface area contributed by atoms with Gasteiger partial charge in [-0.15, -0.1) is 16.4 Å². The van der Waals surface area contributed by atoms with Gasteiger partial charge in [0.2, 0.25) is 5.95 Å². The minimum absolute atomic E-state index is 0.219. The lowest BCUT2D eigenvalue weighted by Gasteiger charge is -2.34. The van der Waals surface area contributed by atoms with Crippen LogP contribution in [0.5, 0.6) is 0 Å². The van der Waals surface area contributed by atoms with Crippen molar-refractivity contribution in [3.63, 3.8) is 0 Å². The second-order valence-corrected chi connectivity index (χ2v) is 11.0. The lowest BCUT2D eigenvalue weighted by molar-refractivity contribution is -0.207. The van der Waals surface area contributed by atoms with Crippen LogP contribution >= 0.6 is 11.3 Å². The quantitative estimate of drug-likeness (QED) is 0.369. The predicted molar refractivity (Wildman–Crippen MR) is 143 cm³/mol. The van der Waals surface area contributed by atoms with Crippen molar-refractivity contribution in [3.8, 4) is 10.6 Å². The number of piperazine rings is 1. The number of halogens is 1. The number of benzene rings is 2. The van der Waals surface area contributed by atoms with E-state index < -0.39 is 5.41 Å². The van der Waals surface area contributed by atoms with Gasteiger partial charge >= 0.3 is 5.97 Å². The van der Waals surface area contributed by atoms with E-state index in [4.69, 9.17) is 9.82 Å². The molecule has 192 valence electrons. The van der Waals surface area contributed by atoms with E-state index in [1.54, 1.807) is 40.9 Å². The molecule has 5 rings (SSSR count). The summed E-state index contributed by atoms with van der Waals surface area (Å²) in [5.74, 6) is -0.140. The first-order valence-corrected chi connectivity index (χ1v) is 13.0. The van der Waals surface area contributed by atoms with Crippen molar-refractivity contribution in [1.82, 2.24) is 24.9 Å². The number of nitrogens with zero attached hydrogens (tertiary/aromatic N) is 5.